The molecule has 0 amide bonds. The zero-order valence-corrected chi connectivity index (χ0v) is 12.2. The first kappa shape index (κ1) is 15.9. The number of fused-ring (bicyclic) bond motifs is 1. The highest BCUT2D eigenvalue weighted by Crippen LogP contribution is 2.42. The highest BCUT2D eigenvalue weighted by Gasteiger charge is 2.37. The predicted octanol–water partition coefficient (Wildman–Crippen LogP) is 3.97. The zero-order chi connectivity index (χ0) is 15.7. The van der Waals surface area contributed by atoms with E-state index in [4.69, 9.17) is 15.2 Å². The first-order chi connectivity index (χ1) is 9.72. The number of hydrogen-bond donors (Lipinski definition) is 1. The molecule has 1 aromatic rings. The Morgan fingerprint density at radius 3 is 2.76 bits per heavy atom. The van der Waals surface area contributed by atoms with Gasteiger partial charge in [-0.05, 0) is 38.0 Å². The van der Waals surface area contributed by atoms with E-state index < -0.39 is 18.2 Å². The van der Waals surface area contributed by atoms with E-state index in [-0.39, 0.29) is 12.5 Å². The minimum absolute atomic E-state index is 0.0399. The summed E-state index contributed by atoms with van der Waals surface area (Å²) in [6.45, 7) is 1.82. The summed E-state index contributed by atoms with van der Waals surface area (Å²) >= 11 is 0. The van der Waals surface area contributed by atoms with Crippen molar-refractivity contribution in [3.63, 3.8) is 0 Å². The molecule has 1 aliphatic heterocycles. The van der Waals surface area contributed by atoms with Gasteiger partial charge in [-0.15, -0.1) is 0 Å². The summed E-state index contributed by atoms with van der Waals surface area (Å²) in [5.74, 6) is 1.32. The van der Waals surface area contributed by atoms with Gasteiger partial charge in [-0.25, -0.2) is 0 Å². The molecule has 0 saturated heterocycles. The predicted molar refractivity (Wildman–Crippen MR) is 73.5 cm³/mol. The molecule has 1 aliphatic rings. The van der Waals surface area contributed by atoms with Crippen molar-refractivity contribution < 1.29 is 22.6 Å². The lowest BCUT2D eigenvalue weighted by molar-refractivity contribution is -0.137. The molecular formula is C15H20F3NO2. The molecule has 0 fully saturated rings. The summed E-state index contributed by atoms with van der Waals surface area (Å²) in [4.78, 5) is 0. The van der Waals surface area contributed by atoms with Gasteiger partial charge in [0.15, 0.2) is 0 Å². The maximum Gasteiger partial charge on any atom is 0.389 e. The van der Waals surface area contributed by atoms with E-state index in [0.717, 1.165) is 5.56 Å². The van der Waals surface area contributed by atoms with Crippen LogP contribution in [0.15, 0.2) is 18.2 Å². The number of rotatable bonds is 4. The second kappa shape index (κ2) is 5.75. The Morgan fingerprint density at radius 2 is 2.14 bits per heavy atom. The fourth-order valence-electron chi connectivity index (χ4n) is 2.73. The fraction of sp³-hybridized carbons (Fsp3) is 0.600. The molecule has 0 aliphatic carbocycles. The number of hydrogen-bond acceptors (Lipinski definition) is 3. The Labute approximate surface area is 122 Å². The van der Waals surface area contributed by atoms with Crippen LogP contribution in [-0.4, -0.2) is 18.9 Å². The van der Waals surface area contributed by atoms with Crippen molar-refractivity contribution in [1.82, 2.24) is 0 Å². The van der Waals surface area contributed by atoms with Crippen molar-refractivity contribution in [1.29, 1.82) is 0 Å². The van der Waals surface area contributed by atoms with E-state index in [1.54, 1.807) is 19.2 Å². The van der Waals surface area contributed by atoms with Crippen molar-refractivity contribution in [2.75, 3.05) is 7.11 Å². The molecule has 1 unspecified atom stereocenters. The fourth-order valence-corrected chi connectivity index (χ4v) is 2.73. The Balaban J connectivity index is 2.08. The van der Waals surface area contributed by atoms with Crippen LogP contribution in [0.2, 0.25) is 0 Å². The Hall–Kier alpha value is -1.43. The molecule has 3 nitrogen and oxygen atoms in total. The van der Waals surface area contributed by atoms with Gasteiger partial charge < -0.3 is 15.2 Å². The number of benzene rings is 1. The Kier molecular flexibility index (Phi) is 4.37. The van der Waals surface area contributed by atoms with Gasteiger partial charge in [0.2, 0.25) is 0 Å². The lowest BCUT2D eigenvalue weighted by Crippen LogP contribution is -2.40. The summed E-state index contributed by atoms with van der Waals surface area (Å²) in [5.41, 5.74) is 6.32. The van der Waals surface area contributed by atoms with Gasteiger partial charge in [0.1, 0.15) is 17.1 Å². The molecule has 21 heavy (non-hydrogen) atoms. The third-order valence-electron chi connectivity index (χ3n) is 3.79. The number of nitrogens with two attached hydrogens (primary N) is 1. The molecule has 2 rings (SSSR count). The second-order valence-corrected chi connectivity index (χ2v) is 5.74. The number of alkyl halides is 3. The van der Waals surface area contributed by atoms with Crippen LogP contribution in [-0.2, 0) is 0 Å². The van der Waals surface area contributed by atoms with E-state index in [9.17, 15) is 13.2 Å². The SMILES string of the molecule is COc1ccc2c(c1)[C@H](N)CC(C)(CCCC(F)(F)F)O2. The lowest BCUT2D eigenvalue weighted by Gasteiger charge is -2.39. The van der Waals surface area contributed by atoms with Crippen molar-refractivity contribution in [2.45, 2.75) is 50.4 Å². The first-order valence-electron chi connectivity index (χ1n) is 6.92. The topological polar surface area (TPSA) is 44.5 Å². The summed E-state index contributed by atoms with van der Waals surface area (Å²) in [6, 6.07) is 5.07. The summed E-state index contributed by atoms with van der Waals surface area (Å²) in [7, 11) is 1.57. The zero-order valence-electron chi connectivity index (χ0n) is 12.2. The molecule has 0 aromatic heterocycles. The highest BCUT2D eigenvalue weighted by molar-refractivity contribution is 5.44. The maximum absolute atomic E-state index is 12.3. The highest BCUT2D eigenvalue weighted by atomic mass is 19.4. The van der Waals surface area contributed by atoms with Crippen LogP contribution in [0.3, 0.4) is 0 Å². The number of methoxy groups -OCH3 is 1. The monoisotopic (exact) mass is 303 g/mol. The molecule has 6 heteroatoms. The Morgan fingerprint density at radius 1 is 1.43 bits per heavy atom. The molecule has 118 valence electrons. The van der Waals surface area contributed by atoms with Gasteiger partial charge in [-0.1, -0.05) is 0 Å². The number of halogens is 3. The van der Waals surface area contributed by atoms with E-state index in [1.165, 1.54) is 0 Å². The maximum atomic E-state index is 12.3. The summed E-state index contributed by atoms with van der Waals surface area (Å²) in [5, 5.41) is 0. The van der Waals surface area contributed by atoms with Gasteiger partial charge in [0.25, 0.3) is 0 Å². The third kappa shape index (κ3) is 4.03. The van der Waals surface area contributed by atoms with Gasteiger partial charge in [0, 0.05) is 24.4 Å². The smallest absolute Gasteiger partial charge is 0.389 e. The van der Waals surface area contributed by atoms with Crippen LogP contribution < -0.4 is 15.2 Å². The van der Waals surface area contributed by atoms with E-state index in [2.05, 4.69) is 0 Å². The third-order valence-corrected chi connectivity index (χ3v) is 3.79. The summed E-state index contributed by atoms with van der Waals surface area (Å²) in [6.07, 6.45) is -4.07. The lowest BCUT2D eigenvalue weighted by atomic mass is 9.85. The van der Waals surface area contributed by atoms with E-state index in [0.29, 0.717) is 24.3 Å². The average molecular weight is 303 g/mol. The van der Waals surface area contributed by atoms with Crippen LogP contribution in [0, 0.1) is 0 Å². The van der Waals surface area contributed by atoms with Crippen molar-refractivity contribution >= 4 is 0 Å². The van der Waals surface area contributed by atoms with Crippen LogP contribution in [0.5, 0.6) is 11.5 Å². The average Bonchev–Trinajstić information content (AvgIpc) is 2.36. The quantitative estimate of drug-likeness (QED) is 0.915. The van der Waals surface area contributed by atoms with E-state index in [1.807, 2.05) is 13.0 Å². The molecule has 0 radical (unpaired) electrons. The van der Waals surface area contributed by atoms with Crippen LogP contribution in [0.4, 0.5) is 13.2 Å². The standard InChI is InChI=1S/C15H20F3NO2/c1-14(6-3-7-15(16,17)18)9-12(19)11-8-10(20-2)4-5-13(11)21-14/h4-5,8,12H,3,6-7,9,19H2,1-2H3/t12-,14?/m1/s1. The summed E-state index contributed by atoms with van der Waals surface area (Å²) < 4.78 is 47.8. The second-order valence-electron chi connectivity index (χ2n) is 5.74. The molecule has 2 N–H and O–H groups in total. The number of ether oxygens (including phenoxy) is 2. The molecular weight excluding hydrogens is 283 g/mol. The van der Waals surface area contributed by atoms with E-state index >= 15 is 0 Å². The van der Waals surface area contributed by atoms with Gasteiger partial charge in [-0.3, -0.25) is 0 Å². The largest absolute Gasteiger partial charge is 0.497 e. The van der Waals surface area contributed by atoms with Crippen LogP contribution >= 0.6 is 0 Å². The molecule has 0 saturated carbocycles. The minimum Gasteiger partial charge on any atom is -0.497 e. The first-order valence-corrected chi connectivity index (χ1v) is 6.92. The molecule has 0 bridgehead atoms. The molecule has 2 atom stereocenters. The van der Waals surface area contributed by atoms with Crippen molar-refractivity contribution in [3.8, 4) is 11.5 Å². The molecule has 0 spiro atoms. The van der Waals surface area contributed by atoms with Gasteiger partial charge in [-0.2, -0.15) is 13.2 Å². The Bertz CT molecular complexity index is 504. The van der Waals surface area contributed by atoms with Crippen molar-refractivity contribution in [2.24, 2.45) is 5.73 Å². The molecule has 1 heterocycles. The van der Waals surface area contributed by atoms with Crippen molar-refractivity contribution in [3.05, 3.63) is 23.8 Å². The molecule has 1 aromatic carbocycles. The van der Waals surface area contributed by atoms with Crippen LogP contribution in [0.25, 0.3) is 0 Å². The van der Waals surface area contributed by atoms with Gasteiger partial charge in [0.05, 0.1) is 7.11 Å². The normalized spacial score (nSPS) is 25.1. The minimum atomic E-state index is -4.13. The van der Waals surface area contributed by atoms with Gasteiger partial charge >= 0.3 is 6.18 Å². The van der Waals surface area contributed by atoms with Crippen LogP contribution in [0.1, 0.15) is 44.2 Å².